The van der Waals surface area contributed by atoms with E-state index in [1.165, 1.54) is 18.2 Å². The topological polar surface area (TPSA) is 72.9 Å². The molecular formula is C20H27NO5S2. The van der Waals surface area contributed by atoms with Crippen LogP contribution in [0, 0.1) is 0 Å². The van der Waals surface area contributed by atoms with E-state index in [-0.39, 0.29) is 29.5 Å². The lowest BCUT2D eigenvalue weighted by molar-refractivity contribution is -0.133. The Bertz CT molecular complexity index is 820. The van der Waals surface area contributed by atoms with Gasteiger partial charge in [0.25, 0.3) is 0 Å². The van der Waals surface area contributed by atoms with Crippen molar-refractivity contribution in [3.63, 3.8) is 0 Å². The van der Waals surface area contributed by atoms with Gasteiger partial charge in [-0.2, -0.15) is 0 Å². The fourth-order valence-electron chi connectivity index (χ4n) is 4.39. The Morgan fingerprint density at radius 1 is 1.04 bits per heavy atom. The molecule has 28 heavy (non-hydrogen) atoms. The average Bonchev–Trinajstić information content (AvgIpc) is 3.06. The summed E-state index contributed by atoms with van der Waals surface area (Å²) in [7, 11) is -3.02. The van der Waals surface area contributed by atoms with E-state index in [2.05, 4.69) is 0 Å². The highest BCUT2D eigenvalue weighted by Crippen LogP contribution is 2.35. The first kappa shape index (κ1) is 19.9. The van der Waals surface area contributed by atoms with E-state index in [0.717, 1.165) is 42.1 Å². The van der Waals surface area contributed by atoms with Gasteiger partial charge in [-0.25, -0.2) is 8.42 Å². The maximum absolute atomic E-state index is 13.2. The zero-order chi connectivity index (χ0) is 19.6. The summed E-state index contributed by atoms with van der Waals surface area (Å²) < 4.78 is 35.2. The molecule has 1 aromatic carbocycles. The summed E-state index contributed by atoms with van der Waals surface area (Å²) in [4.78, 5) is 16.0. The molecule has 1 aliphatic carbocycles. The molecule has 1 aromatic rings. The van der Waals surface area contributed by atoms with Crippen molar-refractivity contribution >= 4 is 27.5 Å². The van der Waals surface area contributed by atoms with E-state index in [9.17, 15) is 13.2 Å². The third-order valence-electron chi connectivity index (χ3n) is 5.73. The molecule has 0 unspecified atom stereocenters. The Morgan fingerprint density at radius 3 is 2.50 bits per heavy atom. The largest absolute Gasteiger partial charge is 0.486 e. The van der Waals surface area contributed by atoms with Gasteiger partial charge in [-0.3, -0.25) is 4.79 Å². The minimum absolute atomic E-state index is 0.0499. The van der Waals surface area contributed by atoms with E-state index in [1.54, 1.807) is 0 Å². The second kappa shape index (κ2) is 8.53. The van der Waals surface area contributed by atoms with Crippen molar-refractivity contribution in [2.75, 3.05) is 30.5 Å². The van der Waals surface area contributed by atoms with E-state index in [0.29, 0.717) is 25.4 Å². The van der Waals surface area contributed by atoms with Crippen LogP contribution in [0.2, 0.25) is 0 Å². The number of ether oxygens (including phenoxy) is 2. The van der Waals surface area contributed by atoms with Gasteiger partial charge in [-0.05, 0) is 37.5 Å². The van der Waals surface area contributed by atoms with Crippen LogP contribution in [0.15, 0.2) is 23.1 Å². The monoisotopic (exact) mass is 425 g/mol. The molecule has 1 saturated heterocycles. The fourth-order valence-corrected chi connectivity index (χ4v) is 6.90. The number of carbonyl (C=O) groups excluding carboxylic acids is 1. The molecule has 0 bridgehead atoms. The van der Waals surface area contributed by atoms with Crippen LogP contribution >= 0.6 is 11.8 Å². The molecule has 2 aliphatic heterocycles. The highest BCUT2D eigenvalue weighted by atomic mass is 32.2. The van der Waals surface area contributed by atoms with Crippen LogP contribution in [0.5, 0.6) is 11.5 Å². The molecule has 0 spiro atoms. The SMILES string of the molecule is O=C(CSc1ccc2c(c1)OCCO2)N(C1CCCCC1)[C@H]1CCS(=O)(=O)C1. The second-order valence-electron chi connectivity index (χ2n) is 7.74. The zero-order valence-corrected chi connectivity index (χ0v) is 17.6. The van der Waals surface area contributed by atoms with Gasteiger partial charge in [0.15, 0.2) is 21.3 Å². The molecule has 4 rings (SSSR count). The summed E-state index contributed by atoms with van der Waals surface area (Å²) in [6.07, 6.45) is 5.97. The van der Waals surface area contributed by atoms with Crippen molar-refractivity contribution < 1.29 is 22.7 Å². The summed E-state index contributed by atoms with van der Waals surface area (Å²) in [5.74, 6) is 2.13. The van der Waals surface area contributed by atoms with Gasteiger partial charge in [-0.15, -0.1) is 11.8 Å². The van der Waals surface area contributed by atoms with E-state index < -0.39 is 9.84 Å². The summed E-state index contributed by atoms with van der Waals surface area (Å²) in [5.41, 5.74) is 0. The molecule has 6 nitrogen and oxygen atoms in total. The van der Waals surface area contributed by atoms with Gasteiger partial charge in [0, 0.05) is 17.0 Å². The number of amides is 1. The predicted molar refractivity (Wildman–Crippen MR) is 109 cm³/mol. The van der Waals surface area contributed by atoms with Crippen molar-refractivity contribution in [3.05, 3.63) is 18.2 Å². The van der Waals surface area contributed by atoms with Crippen molar-refractivity contribution in [1.29, 1.82) is 0 Å². The smallest absolute Gasteiger partial charge is 0.233 e. The van der Waals surface area contributed by atoms with Crippen LogP contribution in [0.3, 0.4) is 0 Å². The number of carbonyl (C=O) groups is 1. The first-order valence-corrected chi connectivity index (χ1v) is 12.9. The first-order chi connectivity index (χ1) is 13.5. The van der Waals surface area contributed by atoms with Crippen molar-refractivity contribution in [1.82, 2.24) is 4.90 Å². The molecule has 1 amide bonds. The van der Waals surface area contributed by atoms with Gasteiger partial charge < -0.3 is 14.4 Å². The summed E-state index contributed by atoms with van der Waals surface area (Å²) in [6, 6.07) is 5.75. The van der Waals surface area contributed by atoms with Crippen molar-refractivity contribution in [3.8, 4) is 11.5 Å². The average molecular weight is 426 g/mol. The highest BCUT2D eigenvalue weighted by molar-refractivity contribution is 8.00. The van der Waals surface area contributed by atoms with Gasteiger partial charge in [-0.1, -0.05) is 19.3 Å². The second-order valence-corrected chi connectivity index (χ2v) is 11.0. The van der Waals surface area contributed by atoms with Crippen LogP contribution in [0.4, 0.5) is 0 Å². The Labute approximate surface area is 170 Å². The number of hydrogen-bond acceptors (Lipinski definition) is 6. The van der Waals surface area contributed by atoms with E-state index >= 15 is 0 Å². The number of fused-ring (bicyclic) bond motifs is 1. The number of nitrogens with zero attached hydrogens (tertiary/aromatic N) is 1. The van der Waals surface area contributed by atoms with E-state index in [1.807, 2.05) is 23.1 Å². The first-order valence-electron chi connectivity index (χ1n) is 10.1. The molecule has 154 valence electrons. The number of hydrogen-bond donors (Lipinski definition) is 0. The lowest BCUT2D eigenvalue weighted by Crippen LogP contribution is -2.49. The van der Waals surface area contributed by atoms with Gasteiger partial charge >= 0.3 is 0 Å². The third kappa shape index (κ3) is 4.59. The Balaban J connectivity index is 1.44. The fraction of sp³-hybridized carbons (Fsp3) is 0.650. The lowest BCUT2D eigenvalue weighted by atomic mass is 9.93. The molecule has 2 fully saturated rings. The minimum Gasteiger partial charge on any atom is -0.486 e. The molecule has 0 N–H and O–H groups in total. The Kier molecular flexibility index (Phi) is 6.06. The summed E-state index contributed by atoms with van der Waals surface area (Å²) in [6.45, 7) is 1.09. The maximum Gasteiger partial charge on any atom is 0.233 e. The number of thioether (sulfide) groups is 1. The minimum atomic E-state index is -3.02. The molecule has 1 saturated carbocycles. The standard InChI is InChI=1S/C20H27NO5S2/c22-20(13-27-17-6-7-18-19(12-17)26-10-9-25-18)21(15-4-2-1-3-5-15)16-8-11-28(23,24)14-16/h6-7,12,15-16H,1-5,8-11,13-14H2/t16-/m0/s1. The Hall–Kier alpha value is -1.41. The quantitative estimate of drug-likeness (QED) is 0.676. The van der Waals surface area contributed by atoms with Crippen LogP contribution in [0.25, 0.3) is 0 Å². The van der Waals surface area contributed by atoms with Gasteiger partial charge in [0.1, 0.15) is 13.2 Å². The van der Waals surface area contributed by atoms with Crippen LogP contribution < -0.4 is 9.47 Å². The predicted octanol–water partition coefficient (Wildman–Crippen LogP) is 2.90. The molecule has 1 atom stereocenters. The maximum atomic E-state index is 13.2. The van der Waals surface area contributed by atoms with Gasteiger partial charge in [0.05, 0.1) is 17.3 Å². The lowest BCUT2D eigenvalue weighted by Gasteiger charge is -2.38. The van der Waals surface area contributed by atoms with Crippen LogP contribution in [0.1, 0.15) is 38.5 Å². The Morgan fingerprint density at radius 2 is 1.79 bits per heavy atom. The number of benzene rings is 1. The van der Waals surface area contributed by atoms with E-state index in [4.69, 9.17) is 9.47 Å². The van der Waals surface area contributed by atoms with Crippen molar-refractivity contribution in [2.24, 2.45) is 0 Å². The van der Waals surface area contributed by atoms with Gasteiger partial charge in [0.2, 0.25) is 5.91 Å². The highest BCUT2D eigenvalue weighted by Gasteiger charge is 2.38. The molecule has 2 heterocycles. The summed E-state index contributed by atoms with van der Waals surface area (Å²) >= 11 is 1.48. The molecule has 0 aromatic heterocycles. The van der Waals surface area contributed by atoms with Crippen LogP contribution in [-0.2, 0) is 14.6 Å². The number of rotatable bonds is 5. The van der Waals surface area contributed by atoms with Crippen molar-refractivity contribution in [2.45, 2.75) is 55.5 Å². The third-order valence-corrected chi connectivity index (χ3v) is 8.46. The number of sulfone groups is 1. The zero-order valence-electron chi connectivity index (χ0n) is 16.0. The molecule has 3 aliphatic rings. The van der Waals surface area contributed by atoms with Crippen LogP contribution in [-0.4, -0.2) is 61.8 Å². The summed E-state index contributed by atoms with van der Waals surface area (Å²) in [5, 5.41) is 0. The normalized spacial score (nSPS) is 24.1. The molecule has 8 heteroatoms. The molecule has 0 radical (unpaired) electrons. The molecular weight excluding hydrogens is 398 g/mol.